The topological polar surface area (TPSA) is 136 Å². The molecule has 9 heteroatoms. The van der Waals surface area contributed by atoms with E-state index in [0.717, 1.165) is 12.1 Å². The first-order valence-corrected chi connectivity index (χ1v) is 6.24. The fraction of sp³-hybridized carbons (Fsp3) is 0.417. The van der Waals surface area contributed by atoms with E-state index in [0.29, 0.717) is 12.8 Å². The van der Waals surface area contributed by atoms with Crippen LogP contribution in [0, 0.1) is 20.2 Å². The standard InChI is InChI=1S/C12H15N3O6/c1-2-3-10(12(16)17)13-7-8-4-5-9(14(18)19)6-11(8)15(20)21/h4-6,10,13H,2-3,7H2,1H3,(H,16,17). The highest BCUT2D eigenvalue weighted by Gasteiger charge is 2.21. The highest BCUT2D eigenvalue weighted by atomic mass is 16.6. The van der Waals surface area contributed by atoms with E-state index in [1.54, 1.807) is 0 Å². The Balaban J connectivity index is 2.94. The van der Waals surface area contributed by atoms with Crippen molar-refractivity contribution in [3.05, 3.63) is 44.0 Å². The molecule has 0 spiro atoms. The Hall–Kier alpha value is -2.55. The van der Waals surface area contributed by atoms with Gasteiger partial charge in [0.1, 0.15) is 6.04 Å². The van der Waals surface area contributed by atoms with E-state index in [1.807, 2.05) is 6.92 Å². The first-order chi connectivity index (χ1) is 9.86. The summed E-state index contributed by atoms with van der Waals surface area (Å²) in [5, 5.41) is 33.3. The average Bonchev–Trinajstić information content (AvgIpc) is 2.42. The maximum Gasteiger partial charge on any atom is 0.320 e. The molecule has 0 saturated carbocycles. The van der Waals surface area contributed by atoms with E-state index in [9.17, 15) is 25.0 Å². The van der Waals surface area contributed by atoms with Crippen molar-refractivity contribution >= 4 is 17.3 Å². The molecule has 0 amide bonds. The van der Waals surface area contributed by atoms with Crippen molar-refractivity contribution < 1.29 is 19.7 Å². The number of rotatable bonds is 8. The molecule has 0 saturated heterocycles. The van der Waals surface area contributed by atoms with Crippen LogP contribution in [-0.2, 0) is 11.3 Å². The van der Waals surface area contributed by atoms with Crippen LogP contribution < -0.4 is 5.32 Å². The Kier molecular flexibility index (Phi) is 5.73. The van der Waals surface area contributed by atoms with Crippen LogP contribution in [-0.4, -0.2) is 27.0 Å². The summed E-state index contributed by atoms with van der Waals surface area (Å²) in [5.74, 6) is -1.04. The number of nitrogens with one attached hydrogen (secondary N) is 1. The molecule has 0 aromatic heterocycles. The van der Waals surface area contributed by atoms with Crippen LogP contribution in [0.25, 0.3) is 0 Å². The maximum atomic E-state index is 11.0. The molecule has 1 unspecified atom stereocenters. The lowest BCUT2D eigenvalue weighted by atomic mass is 10.1. The zero-order valence-electron chi connectivity index (χ0n) is 11.3. The minimum atomic E-state index is -1.04. The Labute approximate surface area is 119 Å². The number of non-ortho nitro benzene ring substituents is 1. The predicted molar refractivity (Wildman–Crippen MR) is 72.9 cm³/mol. The number of hydrogen-bond donors (Lipinski definition) is 2. The van der Waals surface area contributed by atoms with Crippen molar-refractivity contribution in [1.82, 2.24) is 5.32 Å². The normalized spacial score (nSPS) is 11.9. The monoisotopic (exact) mass is 297 g/mol. The Morgan fingerprint density at radius 1 is 1.33 bits per heavy atom. The quantitative estimate of drug-likeness (QED) is 0.551. The largest absolute Gasteiger partial charge is 0.480 e. The summed E-state index contributed by atoms with van der Waals surface area (Å²) in [6.07, 6.45) is 1.03. The predicted octanol–water partition coefficient (Wildman–Crippen LogP) is 1.85. The third kappa shape index (κ3) is 4.49. The highest BCUT2D eigenvalue weighted by molar-refractivity contribution is 5.73. The van der Waals surface area contributed by atoms with Crippen LogP contribution in [0.2, 0.25) is 0 Å². The molecule has 1 aromatic rings. The maximum absolute atomic E-state index is 11.0. The Morgan fingerprint density at radius 3 is 2.48 bits per heavy atom. The number of carbonyl (C=O) groups is 1. The van der Waals surface area contributed by atoms with Crippen LogP contribution in [0.5, 0.6) is 0 Å². The van der Waals surface area contributed by atoms with Crippen molar-refractivity contribution in [2.75, 3.05) is 0 Å². The average molecular weight is 297 g/mol. The smallest absolute Gasteiger partial charge is 0.320 e. The molecular weight excluding hydrogens is 282 g/mol. The summed E-state index contributed by atoms with van der Waals surface area (Å²) < 4.78 is 0. The van der Waals surface area contributed by atoms with Gasteiger partial charge in [0.25, 0.3) is 11.4 Å². The van der Waals surface area contributed by atoms with Gasteiger partial charge in [-0.15, -0.1) is 0 Å². The van der Waals surface area contributed by atoms with Crippen LogP contribution >= 0.6 is 0 Å². The van der Waals surface area contributed by atoms with E-state index < -0.39 is 27.5 Å². The fourth-order valence-corrected chi connectivity index (χ4v) is 1.82. The Morgan fingerprint density at radius 2 is 2.00 bits per heavy atom. The number of nitrogens with zero attached hydrogens (tertiary/aromatic N) is 2. The van der Waals surface area contributed by atoms with Crippen LogP contribution in [0.4, 0.5) is 11.4 Å². The zero-order chi connectivity index (χ0) is 16.0. The van der Waals surface area contributed by atoms with E-state index in [1.165, 1.54) is 6.07 Å². The zero-order valence-corrected chi connectivity index (χ0v) is 11.3. The molecule has 114 valence electrons. The second-order valence-electron chi connectivity index (χ2n) is 4.39. The SMILES string of the molecule is CCCC(NCc1ccc([N+](=O)[O-])cc1[N+](=O)[O-])C(=O)O. The summed E-state index contributed by atoms with van der Waals surface area (Å²) in [6, 6.07) is 2.46. The van der Waals surface area contributed by atoms with Gasteiger partial charge in [-0.2, -0.15) is 0 Å². The summed E-state index contributed by atoms with van der Waals surface area (Å²) in [4.78, 5) is 31.1. The second-order valence-corrected chi connectivity index (χ2v) is 4.39. The lowest BCUT2D eigenvalue weighted by molar-refractivity contribution is -0.394. The molecule has 0 aliphatic rings. The summed E-state index contributed by atoms with van der Waals surface area (Å²) in [7, 11) is 0. The third-order valence-corrected chi connectivity index (χ3v) is 2.89. The van der Waals surface area contributed by atoms with Gasteiger partial charge >= 0.3 is 5.97 Å². The molecule has 0 heterocycles. The van der Waals surface area contributed by atoms with Gasteiger partial charge in [0.15, 0.2) is 0 Å². The van der Waals surface area contributed by atoms with E-state index in [4.69, 9.17) is 5.11 Å². The van der Waals surface area contributed by atoms with Crippen molar-refractivity contribution in [3.63, 3.8) is 0 Å². The lowest BCUT2D eigenvalue weighted by Gasteiger charge is -2.13. The van der Waals surface area contributed by atoms with Gasteiger partial charge in [-0.05, 0) is 12.5 Å². The van der Waals surface area contributed by atoms with E-state index >= 15 is 0 Å². The van der Waals surface area contributed by atoms with Gasteiger partial charge in [0, 0.05) is 18.2 Å². The molecule has 0 aliphatic carbocycles. The highest BCUT2D eigenvalue weighted by Crippen LogP contribution is 2.24. The van der Waals surface area contributed by atoms with Crippen LogP contribution in [0.15, 0.2) is 18.2 Å². The van der Waals surface area contributed by atoms with E-state index in [2.05, 4.69) is 5.32 Å². The minimum Gasteiger partial charge on any atom is -0.480 e. The van der Waals surface area contributed by atoms with Crippen LogP contribution in [0.3, 0.4) is 0 Å². The molecule has 0 aliphatic heterocycles. The number of hydrogen-bond acceptors (Lipinski definition) is 6. The molecule has 9 nitrogen and oxygen atoms in total. The van der Waals surface area contributed by atoms with Gasteiger partial charge in [0.2, 0.25) is 0 Å². The first-order valence-electron chi connectivity index (χ1n) is 6.24. The third-order valence-electron chi connectivity index (χ3n) is 2.89. The van der Waals surface area contributed by atoms with Gasteiger partial charge in [-0.1, -0.05) is 13.3 Å². The molecule has 2 N–H and O–H groups in total. The van der Waals surface area contributed by atoms with Gasteiger partial charge < -0.3 is 10.4 Å². The second kappa shape index (κ2) is 7.29. The molecule has 21 heavy (non-hydrogen) atoms. The number of carboxylic acid groups (broad SMARTS) is 1. The summed E-state index contributed by atoms with van der Waals surface area (Å²) in [6.45, 7) is 1.78. The first kappa shape index (κ1) is 16.5. The van der Waals surface area contributed by atoms with Gasteiger partial charge in [-0.3, -0.25) is 25.0 Å². The summed E-state index contributed by atoms with van der Waals surface area (Å²) >= 11 is 0. The van der Waals surface area contributed by atoms with Crippen molar-refractivity contribution in [2.45, 2.75) is 32.4 Å². The van der Waals surface area contributed by atoms with Gasteiger partial charge in [-0.25, -0.2) is 0 Å². The van der Waals surface area contributed by atoms with Crippen molar-refractivity contribution in [1.29, 1.82) is 0 Å². The van der Waals surface area contributed by atoms with Crippen LogP contribution in [0.1, 0.15) is 25.3 Å². The molecule has 0 fully saturated rings. The molecule has 0 bridgehead atoms. The Bertz CT molecular complexity index is 560. The number of aliphatic carboxylic acids is 1. The number of nitro groups is 2. The molecule has 1 rings (SSSR count). The molecule has 1 atom stereocenters. The number of nitro benzene ring substituents is 2. The van der Waals surface area contributed by atoms with E-state index in [-0.39, 0.29) is 17.8 Å². The lowest BCUT2D eigenvalue weighted by Crippen LogP contribution is -2.36. The molecule has 0 radical (unpaired) electrons. The molecule has 1 aromatic carbocycles. The number of benzene rings is 1. The fourth-order valence-electron chi connectivity index (χ4n) is 1.82. The number of carboxylic acids is 1. The van der Waals surface area contributed by atoms with Crippen molar-refractivity contribution in [3.8, 4) is 0 Å². The van der Waals surface area contributed by atoms with Gasteiger partial charge in [0.05, 0.1) is 15.9 Å². The summed E-state index contributed by atoms with van der Waals surface area (Å²) in [5.41, 5.74) is -0.584. The van der Waals surface area contributed by atoms with Crippen molar-refractivity contribution in [2.24, 2.45) is 0 Å². The molecular formula is C12H15N3O6. The minimum absolute atomic E-state index is 0.0503.